The summed E-state index contributed by atoms with van der Waals surface area (Å²) < 4.78 is 41.0. The Hall–Kier alpha value is -3.69. The first kappa shape index (κ1) is 18.1. The van der Waals surface area contributed by atoms with E-state index in [1.165, 1.54) is 16.9 Å². The molecule has 0 fully saturated rings. The number of hydrogen-bond acceptors (Lipinski definition) is 4. The third kappa shape index (κ3) is 4.11. The highest BCUT2D eigenvalue weighted by atomic mass is 19.2. The van der Waals surface area contributed by atoms with Crippen molar-refractivity contribution in [1.29, 1.82) is 0 Å². The Labute approximate surface area is 150 Å². The van der Waals surface area contributed by atoms with E-state index in [-0.39, 0.29) is 5.56 Å². The van der Waals surface area contributed by atoms with Crippen LogP contribution in [0.2, 0.25) is 0 Å². The SMILES string of the molecule is O=C(CNC(=O)c1ccc(-n2cccn2)nc1)Nc1ccc(F)c(F)c1F. The van der Waals surface area contributed by atoms with Crippen molar-refractivity contribution in [2.24, 2.45) is 0 Å². The van der Waals surface area contributed by atoms with Crippen LogP contribution >= 0.6 is 0 Å². The van der Waals surface area contributed by atoms with Gasteiger partial charge in [0.1, 0.15) is 0 Å². The van der Waals surface area contributed by atoms with Crippen LogP contribution in [-0.2, 0) is 4.79 Å². The lowest BCUT2D eigenvalue weighted by Crippen LogP contribution is -2.33. The number of anilines is 1. The van der Waals surface area contributed by atoms with Crippen molar-refractivity contribution < 1.29 is 22.8 Å². The van der Waals surface area contributed by atoms with E-state index >= 15 is 0 Å². The highest BCUT2D eigenvalue weighted by molar-refractivity contribution is 5.99. The number of nitrogens with one attached hydrogen (secondary N) is 2. The Balaban J connectivity index is 1.57. The number of aromatic nitrogens is 3. The van der Waals surface area contributed by atoms with Crippen molar-refractivity contribution in [2.45, 2.75) is 0 Å². The number of carbonyl (C=O) groups excluding carboxylic acids is 2. The predicted octanol–water partition coefficient (Wildman–Crippen LogP) is 2.05. The molecule has 2 aromatic heterocycles. The predicted molar refractivity (Wildman–Crippen MR) is 88.6 cm³/mol. The van der Waals surface area contributed by atoms with Gasteiger partial charge in [0.2, 0.25) is 5.91 Å². The van der Waals surface area contributed by atoms with Crippen LogP contribution in [0.15, 0.2) is 48.9 Å². The lowest BCUT2D eigenvalue weighted by Gasteiger charge is -2.09. The molecule has 0 saturated heterocycles. The molecule has 138 valence electrons. The third-order valence-corrected chi connectivity index (χ3v) is 3.47. The van der Waals surface area contributed by atoms with Gasteiger partial charge in [-0.1, -0.05) is 0 Å². The lowest BCUT2D eigenvalue weighted by molar-refractivity contribution is -0.115. The Morgan fingerprint density at radius 3 is 2.56 bits per heavy atom. The van der Waals surface area contributed by atoms with E-state index in [4.69, 9.17) is 0 Å². The van der Waals surface area contributed by atoms with Crippen LogP contribution in [-0.4, -0.2) is 33.1 Å². The molecule has 0 spiro atoms. The van der Waals surface area contributed by atoms with Crippen LogP contribution in [0.4, 0.5) is 18.9 Å². The van der Waals surface area contributed by atoms with Gasteiger partial charge in [-0.05, 0) is 30.3 Å². The third-order valence-electron chi connectivity index (χ3n) is 3.47. The average molecular weight is 375 g/mol. The number of carbonyl (C=O) groups is 2. The summed E-state index contributed by atoms with van der Waals surface area (Å²) in [5, 5.41) is 8.36. The molecular weight excluding hydrogens is 363 g/mol. The molecule has 0 bridgehead atoms. The summed E-state index contributed by atoms with van der Waals surface area (Å²) in [6.45, 7) is -0.502. The summed E-state index contributed by atoms with van der Waals surface area (Å²) in [6, 6.07) is 6.34. The van der Waals surface area contributed by atoms with Crippen LogP contribution in [0.3, 0.4) is 0 Å². The maximum atomic E-state index is 13.5. The smallest absolute Gasteiger partial charge is 0.253 e. The number of benzene rings is 1. The zero-order valence-corrected chi connectivity index (χ0v) is 13.6. The van der Waals surface area contributed by atoms with Crippen LogP contribution in [0.25, 0.3) is 5.82 Å². The number of hydrogen-bond donors (Lipinski definition) is 2. The molecule has 2 heterocycles. The second-order valence-corrected chi connectivity index (χ2v) is 5.31. The van der Waals surface area contributed by atoms with E-state index in [2.05, 4.69) is 20.7 Å². The molecule has 10 heteroatoms. The molecule has 3 aromatic rings. The van der Waals surface area contributed by atoms with Gasteiger partial charge in [-0.25, -0.2) is 22.8 Å². The second-order valence-electron chi connectivity index (χ2n) is 5.31. The van der Waals surface area contributed by atoms with E-state index in [9.17, 15) is 22.8 Å². The van der Waals surface area contributed by atoms with Crippen molar-refractivity contribution in [2.75, 3.05) is 11.9 Å². The molecular formula is C17H12F3N5O2. The Bertz CT molecular complexity index is 975. The van der Waals surface area contributed by atoms with Crippen LogP contribution in [0.1, 0.15) is 10.4 Å². The maximum Gasteiger partial charge on any atom is 0.253 e. The van der Waals surface area contributed by atoms with Crippen molar-refractivity contribution >= 4 is 17.5 Å². The van der Waals surface area contributed by atoms with Gasteiger partial charge in [-0.2, -0.15) is 5.10 Å². The molecule has 0 saturated carbocycles. The zero-order chi connectivity index (χ0) is 19.4. The number of nitrogens with zero attached hydrogens (tertiary/aromatic N) is 3. The minimum Gasteiger partial charge on any atom is -0.343 e. The fourth-order valence-electron chi connectivity index (χ4n) is 2.14. The molecule has 2 amide bonds. The Morgan fingerprint density at radius 1 is 1.07 bits per heavy atom. The zero-order valence-electron chi connectivity index (χ0n) is 13.6. The molecule has 3 rings (SSSR count). The second kappa shape index (κ2) is 7.68. The normalized spacial score (nSPS) is 10.5. The van der Waals surface area contributed by atoms with Crippen LogP contribution in [0, 0.1) is 17.5 Å². The fraction of sp³-hybridized carbons (Fsp3) is 0.0588. The van der Waals surface area contributed by atoms with E-state index in [0.717, 1.165) is 6.07 Å². The molecule has 2 N–H and O–H groups in total. The summed E-state index contributed by atoms with van der Waals surface area (Å²) in [4.78, 5) is 27.9. The van der Waals surface area contributed by atoms with E-state index in [0.29, 0.717) is 11.9 Å². The van der Waals surface area contributed by atoms with E-state index < -0.39 is 41.5 Å². The Morgan fingerprint density at radius 2 is 1.89 bits per heavy atom. The van der Waals surface area contributed by atoms with Gasteiger partial charge >= 0.3 is 0 Å². The van der Waals surface area contributed by atoms with Crippen molar-refractivity contribution in [3.63, 3.8) is 0 Å². The summed E-state index contributed by atoms with van der Waals surface area (Å²) in [6.07, 6.45) is 4.57. The molecule has 0 aliphatic heterocycles. The lowest BCUT2D eigenvalue weighted by atomic mass is 10.2. The van der Waals surface area contributed by atoms with Gasteiger partial charge in [0, 0.05) is 18.6 Å². The van der Waals surface area contributed by atoms with Gasteiger partial charge in [-0.3, -0.25) is 9.59 Å². The minimum atomic E-state index is -1.69. The van der Waals surface area contributed by atoms with Crippen molar-refractivity contribution in [1.82, 2.24) is 20.1 Å². The van der Waals surface area contributed by atoms with Gasteiger partial charge in [0.25, 0.3) is 5.91 Å². The van der Waals surface area contributed by atoms with Crippen LogP contribution < -0.4 is 10.6 Å². The first-order chi connectivity index (χ1) is 13.0. The molecule has 27 heavy (non-hydrogen) atoms. The molecule has 1 aromatic carbocycles. The average Bonchev–Trinajstić information content (AvgIpc) is 3.21. The Kier molecular flexibility index (Phi) is 5.15. The van der Waals surface area contributed by atoms with Gasteiger partial charge < -0.3 is 10.6 Å². The summed E-state index contributed by atoms with van der Waals surface area (Å²) in [5.41, 5.74) is -0.337. The molecule has 0 aliphatic carbocycles. The molecule has 0 radical (unpaired) electrons. The van der Waals surface area contributed by atoms with Gasteiger partial charge in [0.05, 0.1) is 17.8 Å². The first-order valence-corrected chi connectivity index (χ1v) is 7.63. The van der Waals surface area contributed by atoms with Gasteiger partial charge in [-0.15, -0.1) is 0 Å². The minimum absolute atomic E-state index is 0.192. The molecule has 0 atom stereocenters. The topological polar surface area (TPSA) is 88.9 Å². The fourth-order valence-corrected chi connectivity index (χ4v) is 2.14. The number of halogens is 3. The number of rotatable bonds is 5. The number of amides is 2. The summed E-state index contributed by atoms with van der Waals surface area (Å²) >= 11 is 0. The maximum absolute atomic E-state index is 13.5. The van der Waals surface area contributed by atoms with Crippen LogP contribution in [0.5, 0.6) is 0 Å². The first-order valence-electron chi connectivity index (χ1n) is 7.63. The van der Waals surface area contributed by atoms with Crippen molar-refractivity contribution in [3.8, 4) is 5.82 Å². The highest BCUT2D eigenvalue weighted by Crippen LogP contribution is 2.19. The van der Waals surface area contributed by atoms with E-state index in [1.54, 1.807) is 24.5 Å². The molecule has 0 unspecified atom stereocenters. The highest BCUT2D eigenvalue weighted by Gasteiger charge is 2.16. The monoisotopic (exact) mass is 375 g/mol. The molecule has 0 aliphatic rings. The summed E-state index contributed by atoms with van der Waals surface area (Å²) in [5.74, 6) is -5.48. The van der Waals surface area contributed by atoms with Gasteiger partial charge in [0.15, 0.2) is 23.3 Å². The largest absolute Gasteiger partial charge is 0.343 e. The number of pyridine rings is 1. The van der Waals surface area contributed by atoms with E-state index in [1.807, 2.05) is 0 Å². The molecule has 7 nitrogen and oxygen atoms in total. The van der Waals surface area contributed by atoms with Crippen molar-refractivity contribution in [3.05, 3.63) is 71.9 Å². The summed E-state index contributed by atoms with van der Waals surface area (Å²) in [7, 11) is 0. The quantitative estimate of drug-likeness (QED) is 0.668. The standard InChI is InChI=1S/C17H12F3N5O2/c18-11-3-4-12(16(20)15(11)19)24-14(26)9-22-17(27)10-2-5-13(21-8-10)25-7-1-6-23-25/h1-8H,9H2,(H,22,27)(H,24,26).